The third-order valence-corrected chi connectivity index (χ3v) is 7.88. The first-order valence-electron chi connectivity index (χ1n) is 16.9. The maximum absolute atomic E-state index is 12.8. The summed E-state index contributed by atoms with van der Waals surface area (Å²) in [5.41, 5.74) is 1.90. The lowest BCUT2D eigenvalue weighted by molar-refractivity contribution is -0.150. The van der Waals surface area contributed by atoms with E-state index in [0.29, 0.717) is 56.4 Å². The second kappa shape index (κ2) is 21.3. The summed E-state index contributed by atoms with van der Waals surface area (Å²) in [6.45, 7) is 4.36. The molecule has 49 heavy (non-hydrogen) atoms. The van der Waals surface area contributed by atoms with Gasteiger partial charge in [0, 0.05) is 6.42 Å². The summed E-state index contributed by atoms with van der Waals surface area (Å²) in [6.07, 6.45) is 3.79. The number of benzene rings is 2. The van der Waals surface area contributed by atoms with Gasteiger partial charge in [0.1, 0.15) is 11.5 Å². The number of ether oxygens (including phenoxy) is 6. The smallest absolute Gasteiger partial charge is 0.314 e. The molecule has 0 spiro atoms. The van der Waals surface area contributed by atoms with Crippen molar-refractivity contribution in [1.82, 2.24) is 0 Å². The van der Waals surface area contributed by atoms with Crippen molar-refractivity contribution in [2.24, 2.45) is 11.8 Å². The van der Waals surface area contributed by atoms with Crippen LogP contribution in [0.3, 0.4) is 0 Å². The molecule has 1 fully saturated rings. The maximum Gasteiger partial charge on any atom is 0.314 e. The van der Waals surface area contributed by atoms with Crippen molar-refractivity contribution in [2.75, 3.05) is 26.4 Å². The van der Waals surface area contributed by atoms with Crippen LogP contribution in [0, 0.1) is 11.8 Å². The molecule has 0 aromatic heterocycles. The van der Waals surface area contributed by atoms with Crippen LogP contribution in [0.4, 0.5) is 0 Å². The fourth-order valence-electron chi connectivity index (χ4n) is 5.18. The van der Waals surface area contributed by atoms with Gasteiger partial charge in [-0.2, -0.15) is 0 Å². The zero-order chi connectivity index (χ0) is 35.4. The van der Waals surface area contributed by atoms with Crippen molar-refractivity contribution in [3.8, 4) is 11.5 Å². The highest BCUT2D eigenvalue weighted by Crippen LogP contribution is 2.31. The summed E-state index contributed by atoms with van der Waals surface area (Å²) in [5.74, 6) is -2.18. The highest BCUT2D eigenvalue weighted by atomic mass is 16.6. The Morgan fingerprint density at radius 3 is 1.29 bits per heavy atom. The van der Waals surface area contributed by atoms with Crippen molar-refractivity contribution in [3.63, 3.8) is 0 Å². The van der Waals surface area contributed by atoms with Gasteiger partial charge in [-0.05, 0) is 87.8 Å². The molecule has 0 atom stereocenters. The van der Waals surface area contributed by atoms with E-state index in [4.69, 9.17) is 28.4 Å². The Hall–Kier alpha value is -4.74. The zero-order valence-electron chi connectivity index (χ0n) is 28.3. The van der Waals surface area contributed by atoms with Gasteiger partial charge in [-0.25, -0.2) is 0 Å². The lowest BCUT2D eigenvalue weighted by Gasteiger charge is -2.25. The lowest BCUT2D eigenvalue weighted by atomic mass is 9.82. The van der Waals surface area contributed by atoms with E-state index in [-0.39, 0.29) is 75.9 Å². The SMILES string of the molecule is CCOC(=O)CCC(=O)OCCCc1ccc(OC(=O)C2CCC(C(=O)Oc3ccc(CCOC(=O)CCC(=O)OCC)cc3)CC2)cc1. The third-order valence-electron chi connectivity index (χ3n) is 7.88. The van der Waals surface area contributed by atoms with Crippen molar-refractivity contribution in [2.45, 2.75) is 84.5 Å². The Balaban J connectivity index is 1.29. The minimum atomic E-state index is -0.465. The highest BCUT2D eigenvalue weighted by Gasteiger charge is 2.32. The number of carbonyl (C=O) groups excluding carboxylic acids is 6. The molecule has 2 aromatic rings. The van der Waals surface area contributed by atoms with Gasteiger partial charge in [-0.3, -0.25) is 28.8 Å². The molecule has 0 N–H and O–H groups in total. The number of rotatable bonds is 19. The predicted octanol–water partition coefficient (Wildman–Crippen LogP) is 5.25. The molecular weight excluding hydrogens is 636 g/mol. The van der Waals surface area contributed by atoms with Crippen LogP contribution < -0.4 is 9.47 Å². The first kappa shape index (κ1) is 38.7. The normalized spacial score (nSPS) is 15.4. The highest BCUT2D eigenvalue weighted by molar-refractivity contribution is 5.79. The van der Waals surface area contributed by atoms with Gasteiger partial charge in [0.25, 0.3) is 0 Å². The van der Waals surface area contributed by atoms with E-state index in [9.17, 15) is 28.8 Å². The monoisotopic (exact) mass is 682 g/mol. The van der Waals surface area contributed by atoms with E-state index in [1.165, 1.54) is 0 Å². The van der Waals surface area contributed by atoms with E-state index >= 15 is 0 Å². The number of hydrogen-bond acceptors (Lipinski definition) is 12. The van der Waals surface area contributed by atoms with Crippen molar-refractivity contribution >= 4 is 35.8 Å². The van der Waals surface area contributed by atoms with E-state index in [1.54, 1.807) is 50.2 Å². The Kier molecular flexibility index (Phi) is 16.8. The van der Waals surface area contributed by atoms with Crippen molar-refractivity contribution in [1.29, 1.82) is 0 Å². The fraction of sp³-hybridized carbons (Fsp3) is 0.514. The van der Waals surface area contributed by atoms with Crippen LogP contribution in [0.1, 0.15) is 82.8 Å². The van der Waals surface area contributed by atoms with Gasteiger partial charge in [-0.15, -0.1) is 0 Å². The van der Waals surface area contributed by atoms with Crippen LogP contribution in [0.2, 0.25) is 0 Å². The largest absolute Gasteiger partial charge is 0.466 e. The topological polar surface area (TPSA) is 158 Å². The lowest BCUT2D eigenvalue weighted by Crippen LogP contribution is -2.30. The van der Waals surface area contributed by atoms with Crippen LogP contribution in [0.5, 0.6) is 11.5 Å². The zero-order valence-corrected chi connectivity index (χ0v) is 28.3. The van der Waals surface area contributed by atoms with Gasteiger partial charge in [-0.1, -0.05) is 24.3 Å². The Morgan fingerprint density at radius 2 is 0.878 bits per heavy atom. The van der Waals surface area contributed by atoms with Gasteiger partial charge >= 0.3 is 35.8 Å². The molecule has 1 saturated carbocycles. The summed E-state index contributed by atoms with van der Waals surface area (Å²) in [7, 11) is 0. The minimum Gasteiger partial charge on any atom is -0.466 e. The molecule has 0 heterocycles. The van der Waals surface area contributed by atoms with Crippen LogP contribution in [-0.4, -0.2) is 62.2 Å². The average Bonchev–Trinajstić information content (AvgIpc) is 3.10. The van der Waals surface area contributed by atoms with Gasteiger partial charge in [0.05, 0.1) is 63.9 Å². The molecule has 1 aliphatic carbocycles. The predicted molar refractivity (Wildman–Crippen MR) is 175 cm³/mol. The van der Waals surface area contributed by atoms with E-state index in [1.807, 2.05) is 12.1 Å². The Bertz CT molecular complexity index is 1380. The summed E-state index contributed by atoms with van der Waals surface area (Å²) < 4.78 is 31.1. The van der Waals surface area contributed by atoms with Crippen LogP contribution >= 0.6 is 0 Å². The van der Waals surface area contributed by atoms with Crippen LogP contribution in [0.15, 0.2) is 48.5 Å². The number of carbonyl (C=O) groups is 6. The van der Waals surface area contributed by atoms with Crippen LogP contribution in [0.25, 0.3) is 0 Å². The molecular formula is C37H46O12. The quantitative estimate of drug-likeness (QED) is 0.0821. The summed E-state index contributed by atoms with van der Waals surface area (Å²) in [4.78, 5) is 71.7. The van der Waals surface area contributed by atoms with E-state index in [2.05, 4.69) is 0 Å². The molecule has 0 amide bonds. The van der Waals surface area contributed by atoms with Crippen LogP contribution in [-0.2, 0) is 60.6 Å². The van der Waals surface area contributed by atoms with Crippen molar-refractivity contribution in [3.05, 3.63) is 59.7 Å². The van der Waals surface area contributed by atoms with E-state index < -0.39 is 23.9 Å². The first-order chi connectivity index (χ1) is 23.7. The van der Waals surface area contributed by atoms with Gasteiger partial charge in [0.2, 0.25) is 0 Å². The molecule has 0 saturated heterocycles. The average molecular weight is 683 g/mol. The number of esters is 6. The number of hydrogen-bond donors (Lipinski definition) is 0. The van der Waals surface area contributed by atoms with E-state index in [0.717, 1.165) is 11.1 Å². The maximum atomic E-state index is 12.8. The Morgan fingerprint density at radius 1 is 0.510 bits per heavy atom. The molecule has 266 valence electrons. The second-order valence-electron chi connectivity index (χ2n) is 11.6. The fourth-order valence-corrected chi connectivity index (χ4v) is 5.18. The molecule has 0 bridgehead atoms. The molecule has 12 heteroatoms. The molecule has 0 unspecified atom stereocenters. The summed E-state index contributed by atoms with van der Waals surface area (Å²) in [5, 5.41) is 0. The van der Waals surface area contributed by atoms with Gasteiger partial charge in [0.15, 0.2) is 0 Å². The summed E-state index contributed by atoms with van der Waals surface area (Å²) >= 11 is 0. The third kappa shape index (κ3) is 14.9. The Labute approximate surface area is 286 Å². The molecule has 0 radical (unpaired) electrons. The molecule has 2 aromatic carbocycles. The standard InChI is InChI=1S/C37H46O12/c1-3-44-32(38)19-21-34(40)46-24-5-6-26-7-15-30(16-8-26)48-36(42)28-11-13-29(14-12-28)37(43)49-31-17-9-27(10-18-31)23-25-47-35(41)22-20-33(39)45-4-2/h7-10,15-18,28-29H,3-6,11-14,19-25H2,1-2H3. The molecule has 12 nitrogen and oxygen atoms in total. The molecule has 0 aliphatic heterocycles. The second-order valence-corrected chi connectivity index (χ2v) is 11.6. The van der Waals surface area contributed by atoms with Crippen molar-refractivity contribution < 1.29 is 57.2 Å². The molecule has 1 aliphatic rings. The minimum absolute atomic E-state index is 0.00489. The number of aryl methyl sites for hydroxylation is 1. The van der Waals surface area contributed by atoms with Gasteiger partial charge < -0.3 is 28.4 Å². The molecule has 3 rings (SSSR count). The summed E-state index contributed by atoms with van der Waals surface area (Å²) in [6, 6.07) is 14.1. The first-order valence-corrected chi connectivity index (χ1v) is 16.9.